The van der Waals surface area contributed by atoms with Crippen molar-refractivity contribution in [3.05, 3.63) is 51.4 Å². The molecule has 3 rings (SSSR count). The number of hydrogen-bond acceptors (Lipinski definition) is 6. The van der Waals surface area contributed by atoms with Gasteiger partial charge in [0, 0.05) is 12.1 Å². The van der Waals surface area contributed by atoms with Gasteiger partial charge in [-0.15, -0.1) is 21.5 Å². The molecule has 0 atom stereocenters. The van der Waals surface area contributed by atoms with Crippen molar-refractivity contribution >= 4 is 39.0 Å². The number of halogens is 1. The lowest BCUT2D eigenvalue weighted by Gasteiger charge is -2.00. The van der Waals surface area contributed by atoms with Crippen LogP contribution in [0.2, 0.25) is 0 Å². The summed E-state index contributed by atoms with van der Waals surface area (Å²) < 4.78 is 7.41. The summed E-state index contributed by atoms with van der Waals surface area (Å²) in [5.41, 5.74) is 0. The lowest BCUT2D eigenvalue weighted by molar-refractivity contribution is -0.645. The predicted octanol–water partition coefficient (Wildman–Crippen LogP) is 3.49. The molecule has 0 aromatic carbocycles. The Morgan fingerprint density at radius 2 is 2.20 bits per heavy atom. The van der Waals surface area contributed by atoms with Crippen molar-refractivity contribution in [2.75, 3.05) is 0 Å². The molecule has 0 unspecified atom stereocenters. The van der Waals surface area contributed by atoms with Crippen LogP contribution >= 0.6 is 39.0 Å². The quantitative estimate of drug-likeness (QED) is 0.400. The van der Waals surface area contributed by atoms with Crippen molar-refractivity contribution in [3.63, 3.8) is 0 Å². The minimum absolute atomic E-state index is 0.464. The van der Waals surface area contributed by atoms with E-state index in [0.29, 0.717) is 22.6 Å². The van der Waals surface area contributed by atoms with E-state index in [4.69, 9.17) is 4.42 Å². The normalized spacial score (nSPS) is 10.8. The van der Waals surface area contributed by atoms with E-state index >= 15 is 0 Å². The average Bonchev–Trinajstić information content (AvgIpc) is 3.06. The molecule has 3 aromatic rings. The van der Waals surface area contributed by atoms with Gasteiger partial charge in [0.05, 0.1) is 14.4 Å². The molecule has 8 heteroatoms. The summed E-state index contributed by atoms with van der Waals surface area (Å²) in [4.78, 5) is 0.916. The molecular weight excluding hydrogens is 362 g/mol. The number of aromatic nitrogens is 3. The third kappa shape index (κ3) is 3.02. The highest BCUT2D eigenvalue weighted by atomic mass is 79.9. The van der Waals surface area contributed by atoms with Crippen molar-refractivity contribution < 1.29 is 9.15 Å². The summed E-state index contributed by atoms with van der Waals surface area (Å²) in [7, 11) is 0. The first-order valence-electron chi connectivity index (χ1n) is 5.61. The Morgan fingerprint density at radius 1 is 1.30 bits per heavy atom. The van der Waals surface area contributed by atoms with Crippen LogP contribution < -0.4 is 4.73 Å². The van der Waals surface area contributed by atoms with Crippen LogP contribution in [0.15, 0.2) is 49.8 Å². The van der Waals surface area contributed by atoms with Crippen LogP contribution in [-0.4, -0.2) is 10.2 Å². The first-order chi connectivity index (χ1) is 9.72. The molecule has 0 radical (unpaired) electrons. The molecule has 0 aliphatic carbocycles. The van der Waals surface area contributed by atoms with Gasteiger partial charge in [0.15, 0.2) is 6.20 Å². The molecule has 3 heterocycles. The minimum Gasteiger partial charge on any atom is -0.618 e. The van der Waals surface area contributed by atoms with Gasteiger partial charge < -0.3 is 9.62 Å². The molecule has 0 saturated carbocycles. The second-order valence-electron chi connectivity index (χ2n) is 3.76. The third-order valence-electron chi connectivity index (χ3n) is 2.38. The molecule has 0 saturated heterocycles. The van der Waals surface area contributed by atoms with Crippen LogP contribution in [0.3, 0.4) is 0 Å². The van der Waals surface area contributed by atoms with Crippen LogP contribution in [0.1, 0.15) is 5.89 Å². The molecule has 0 spiro atoms. The van der Waals surface area contributed by atoms with Gasteiger partial charge in [-0.3, -0.25) is 0 Å². The van der Waals surface area contributed by atoms with Gasteiger partial charge in [-0.1, -0.05) is 0 Å². The SMILES string of the molecule is [O-][n+]1ccccc1SCc1nnc(-c2ccc(Br)s2)o1. The predicted molar refractivity (Wildman–Crippen MR) is 80.3 cm³/mol. The van der Waals surface area contributed by atoms with Crippen molar-refractivity contribution in [1.82, 2.24) is 10.2 Å². The van der Waals surface area contributed by atoms with E-state index in [2.05, 4.69) is 26.1 Å². The highest BCUT2D eigenvalue weighted by Crippen LogP contribution is 2.31. The lowest BCUT2D eigenvalue weighted by atomic mass is 10.5. The van der Waals surface area contributed by atoms with Crippen LogP contribution in [0.25, 0.3) is 10.8 Å². The summed E-state index contributed by atoms with van der Waals surface area (Å²) in [6.07, 6.45) is 1.46. The van der Waals surface area contributed by atoms with Crippen molar-refractivity contribution in [2.24, 2.45) is 0 Å². The first kappa shape index (κ1) is 13.6. The maximum atomic E-state index is 11.5. The van der Waals surface area contributed by atoms with Gasteiger partial charge in [0.25, 0.3) is 10.9 Å². The number of rotatable bonds is 4. The Hall–Kier alpha value is -1.38. The van der Waals surface area contributed by atoms with Gasteiger partial charge in [-0.25, -0.2) is 0 Å². The highest BCUT2D eigenvalue weighted by molar-refractivity contribution is 9.11. The lowest BCUT2D eigenvalue weighted by Crippen LogP contribution is -2.27. The standard InChI is InChI=1S/C12H8BrN3O2S2/c13-9-5-4-8(20-9)12-15-14-10(18-12)7-19-11-3-1-2-6-16(11)17/h1-6H,7H2. The van der Waals surface area contributed by atoms with Gasteiger partial charge >= 0.3 is 0 Å². The zero-order valence-electron chi connectivity index (χ0n) is 10.0. The van der Waals surface area contributed by atoms with E-state index in [1.165, 1.54) is 29.3 Å². The number of thiophene rings is 1. The van der Waals surface area contributed by atoms with Gasteiger partial charge in [0.2, 0.25) is 5.89 Å². The summed E-state index contributed by atoms with van der Waals surface area (Å²) in [5.74, 6) is 1.46. The number of nitrogens with zero attached hydrogens (tertiary/aromatic N) is 3. The summed E-state index contributed by atoms with van der Waals surface area (Å²) in [5, 5.41) is 20.1. The Labute approximate surface area is 131 Å². The second-order valence-corrected chi connectivity index (χ2v) is 7.22. The molecule has 5 nitrogen and oxygen atoms in total. The Kier molecular flexibility index (Phi) is 4.04. The smallest absolute Gasteiger partial charge is 0.257 e. The van der Waals surface area contributed by atoms with E-state index in [1.54, 1.807) is 12.1 Å². The number of thioether (sulfide) groups is 1. The first-order valence-corrected chi connectivity index (χ1v) is 8.21. The molecule has 0 fully saturated rings. The molecule has 0 amide bonds. The molecule has 0 bridgehead atoms. The third-order valence-corrected chi connectivity index (χ3v) is 5.00. The topological polar surface area (TPSA) is 65.9 Å². The fourth-order valence-electron chi connectivity index (χ4n) is 1.50. The summed E-state index contributed by atoms with van der Waals surface area (Å²) >= 11 is 6.29. The van der Waals surface area contributed by atoms with Gasteiger partial charge in [-0.2, -0.15) is 4.73 Å². The minimum atomic E-state index is 0.464. The van der Waals surface area contributed by atoms with E-state index in [9.17, 15) is 5.21 Å². The van der Waals surface area contributed by atoms with Crippen LogP contribution in [0.4, 0.5) is 0 Å². The molecular formula is C12H8BrN3O2S2. The maximum absolute atomic E-state index is 11.5. The largest absolute Gasteiger partial charge is 0.618 e. The number of pyridine rings is 1. The van der Waals surface area contributed by atoms with Crippen LogP contribution in [0, 0.1) is 5.21 Å². The summed E-state index contributed by atoms with van der Waals surface area (Å²) in [6.45, 7) is 0. The molecule has 20 heavy (non-hydrogen) atoms. The van der Waals surface area contributed by atoms with Crippen molar-refractivity contribution in [3.8, 4) is 10.8 Å². The van der Waals surface area contributed by atoms with Crippen molar-refractivity contribution in [1.29, 1.82) is 0 Å². The monoisotopic (exact) mass is 369 g/mol. The van der Waals surface area contributed by atoms with Crippen LogP contribution in [-0.2, 0) is 5.75 Å². The number of hydrogen-bond donors (Lipinski definition) is 0. The average molecular weight is 370 g/mol. The van der Waals surface area contributed by atoms with Gasteiger partial charge in [-0.05, 0) is 45.9 Å². The Morgan fingerprint density at radius 3 is 2.95 bits per heavy atom. The zero-order chi connectivity index (χ0) is 13.9. The second kappa shape index (κ2) is 5.94. The molecule has 0 aliphatic heterocycles. The highest BCUT2D eigenvalue weighted by Gasteiger charge is 2.12. The maximum Gasteiger partial charge on any atom is 0.257 e. The fraction of sp³-hybridized carbons (Fsp3) is 0.0833. The zero-order valence-corrected chi connectivity index (χ0v) is 13.2. The molecule has 102 valence electrons. The Balaban J connectivity index is 1.70. The Bertz CT molecular complexity index is 729. The molecule has 0 N–H and O–H groups in total. The summed E-state index contributed by atoms with van der Waals surface area (Å²) in [6, 6.07) is 9.12. The van der Waals surface area contributed by atoms with E-state index in [0.717, 1.165) is 13.4 Å². The van der Waals surface area contributed by atoms with E-state index in [-0.39, 0.29) is 0 Å². The van der Waals surface area contributed by atoms with Gasteiger partial charge in [0.1, 0.15) is 0 Å². The van der Waals surface area contributed by atoms with E-state index < -0.39 is 0 Å². The van der Waals surface area contributed by atoms with Crippen LogP contribution in [0.5, 0.6) is 0 Å². The van der Waals surface area contributed by atoms with E-state index in [1.807, 2.05) is 18.2 Å². The molecule has 0 aliphatic rings. The molecule has 3 aromatic heterocycles. The fourth-order valence-corrected chi connectivity index (χ4v) is 3.56. The van der Waals surface area contributed by atoms with Crippen molar-refractivity contribution in [2.45, 2.75) is 10.8 Å².